The predicted octanol–water partition coefficient (Wildman–Crippen LogP) is 0.758. The van der Waals surface area contributed by atoms with E-state index in [2.05, 4.69) is 15.1 Å². The highest BCUT2D eigenvalue weighted by Crippen LogP contribution is 2.14. The van der Waals surface area contributed by atoms with Gasteiger partial charge in [-0.3, -0.25) is 5.01 Å². The van der Waals surface area contributed by atoms with E-state index in [1.54, 1.807) is 23.5 Å². The molecule has 1 aromatic rings. The van der Waals surface area contributed by atoms with Crippen LogP contribution in [0, 0.1) is 0 Å². The molecule has 2 heterocycles. The molecular formula is C11H14N4O. The summed E-state index contributed by atoms with van der Waals surface area (Å²) in [6.07, 6.45) is 9.88. The van der Waals surface area contributed by atoms with Gasteiger partial charge in [0.15, 0.2) is 0 Å². The first kappa shape index (κ1) is 10.8. The Morgan fingerprint density at radius 2 is 2.12 bits per heavy atom. The van der Waals surface area contributed by atoms with Gasteiger partial charge in [-0.25, -0.2) is 9.97 Å². The lowest BCUT2D eigenvalue weighted by atomic mass is 10.1. The van der Waals surface area contributed by atoms with Gasteiger partial charge >= 0.3 is 0 Å². The molecule has 0 aliphatic carbocycles. The number of aliphatic hydroxyl groups is 1. The van der Waals surface area contributed by atoms with Gasteiger partial charge in [-0.2, -0.15) is 5.10 Å². The maximum Gasteiger partial charge on any atom is 0.140 e. The topological polar surface area (TPSA) is 61.6 Å². The Morgan fingerprint density at radius 3 is 2.75 bits per heavy atom. The van der Waals surface area contributed by atoms with Gasteiger partial charge < -0.3 is 5.11 Å². The van der Waals surface area contributed by atoms with Crippen molar-refractivity contribution in [3.63, 3.8) is 0 Å². The van der Waals surface area contributed by atoms with E-state index >= 15 is 0 Å². The highest BCUT2D eigenvalue weighted by molar-refractivity contribution is 5.69. The third kappa shape index (κ3) is 2.64. The number of aromatic nitrogens is 2. The van der Waals surface area contributed by atoms with Crippen LogP contribution in [0.4, 0.5) is 0 Å². The first-order valence-corrected chi connectivity index (χ1v) is 5.27. The number of allylic oxidation sites excluding steroid dienone is 1. The smallest absolute Gasteiger partial charge is 0.140 e. The van der Waals surface area contributed by atoms with Gasteiger partial charge in [0, 0.05) is 38.0 Å². The molecule has 1 unspecified atom stereocenters. The number of aliphatic hydroxyl groups excluding tert-OH is 1. The minimum absolute atomic E-state index is 0.0478. The highest BCUT2D eigenvalue weighted by Gasteiger charge is 2.12. The fourth-order valence-electron chi connectivity index (χ4n) is 1.44. The van der Waals surface area contributed by atoms with Crippen LogP contribution in [0.25, 0.3) is 0 Å². The van der Waals surface area contributed by atoms with Gasteiger partial charge in [-0.1, -0.05) is 6.08 Å². The maximum absolute atomic E-state index is 8.70. The van der Waals surface area contributed by atoms with Gasteiger partial charge in [-0.15, -0.1) is 0 Å². The van der Waals surface area contributed by atoms with E-state index in [1.165, 1.54) is 0 Å². The SMILES string of the molecule is OCCCN1C=CC(c2ncccn2)C=N1. The minimum atomic E-state index is 0.0478. The van der Waals surface area contributed by atoms with Gasteiger partial charge in [0.25, 0.3) is 0 Å². The first-order chi connectivity index (χ1) is 7.90. The van der Waals surface area contributed by atoms with Gasteiger partial charge in [0.2, 0.25) is 0 Å². The summed E-state index contributed by atoms with van der Waals surface area (Å²) in [5, 5.41) is 14.8. The Morgan fingerprint density at radius 1 is 1.31 bits per heavy atom. The summed E-state index contributed by atoms with van der Waals surface area (Å²) in [4.78, 5) is 8.35. The van der Waals surface area contributed by atoms with Crippen LogP contribution in [-0.2, 0) is 0 Å². The van der Waals surface area contributed by atoms with Crippen LogP contribution >= 0.6 is 0 Å². The molecule has 5 heteroatoms. The molecule has 0 saturated carbocycles. The average molecular weight is 218 g/mol. The minimum Gasteiger partial charge on any atom is -0.396 e. The van der Waals surface area contributed by atoms with E-state index in [4.69, 9.17) is 5.11 Å². The van der Waals surface area contributed by atoms with Crippen molar-refractivity contribution in [1.29, 1.82) is 0 Å². The fraction of sp³-hybridized carbons (Fsp3) is 0.364. The van der Waals surface area contributed by atoms with E-state index in [0.717, 1.165) is 12.4 Å². The molecule has 2 rings (SSSR count). The van der Waals surface area contributed by atoms with Crippen LogP contribution in [-0.4, -0.2) is 39.4 Å². The second kappa shape index (κ2) is 5.37. The standard InChI is InChI=1S/C11H14N4O/c16-8-2-6-15-7-3-10(9-14-15)11-12-4-1-5-13-11/h1,3-5,7,9-10,16H,2,6,8H2. The van der Waals surface area contributed by atoms with E-state index in [1.807, 2.05) is 18.5 Å². The number of hydrogen-bond acceptors (Lipinski definition) is 5. The van der Waals surface area contributed by atoms with E-state index in [0.29, 0.717) is 6.42 Å². The zero-order valence-electron chi connectivity index (χ0n) is 8.90. The van der Waals surface area contributed by atoms with Crippen molar-refractivity contribution in [1.82, 2.24) is 15.0 Å². The molecule has 1 N–H and O–H groups in total. The summed E-state index contributed by atoms with van der Waals surface area (Å²) in [6, 6.07) is 1.79. The molecular weight excluding hydrogens is 204 g/mol. The quantitative estimate of drug-likeness (QED) is 0.810. The summed E-state index contributed by atoms with van der Waals surface area (Å²) >= 11 is 0. The van der Waals surface area contributed by atoms with Crippen molar-refractivity contribution in [2.75, 3.05) is 13.2 Å². The zero-order chi connectivity index (χ0) is 11.2. The van der Waals surface area contributed by atoms with Crippen molar-refractivity contribution in [2.45, 2.75) is 12.3 Å². The Bertz CT molecular complexity index is 363. The summed E-state index contributed by atoms with van der Waals surface area (Å²) in [5.41, 5.74) is 0. The maximum atomic E-state index is 8.70. The van der Waals surface area contributed by atoms with Crippen LogP contribution in [0.1, 0.15) is 18.2 Å². The Balaban J connectivity index is 1.96. The van der Waals surface area contributed by atoms with E-state index < -0.39 is 0 Å². The third-order valence-electron chi connectivity index (χ3n) is 2.27. The molecule has 0 spiro atoms. The Kier molecular flexibility index (Phi) is 3.61. The van der Waals surface area contributed by atoms with Crippen molar-refractivity contribution in [2.24, 2.45) is 5.10 Å². The summed E-state index contributed by atoms with van der Waals surface area (Å²) < 4.78 is 0. The van der Waals surface area contributed by atoms with Gasteiger partial charge in [0.1, 0.15) is 5.82 Å². The number of nitrogens with zero attached hydrogens (tertiary/aromatic N) is 4. The van der Waals surface area contributed by atoms with Crippen LogP contribution < -0.4 is 0 Å². The molecule has 0 amide bonds. The summed E-state index contributed by atoms with van der Waals surface area (Å²) in [5.74, 6) is 0.802. The molecule has 0 fully saturated rings. The molecule has 0 saturated heterocycles. The molecule has 1 aromatic heterocycles. The van der Waals surface area contributed by atoms with Gasteiger partial charge in [0.05, 0.1) is 5.92 Å². The van der Waals surface area contributed by atoms with E-state index in [-0.39, 0.29) is 12.5 Å². The van der Waals surface area contributed by atoms with E-state index in [9.17, 15) is 0 Å². The Labute approximate surface area is 94.1 Å². The van der Waals surface area contributed by atoms with Crippen molar-refractivity contribution < 1.29 is 5.11 Å². The lowest BCUT2D eigenvalue weighted by Crippen LogP contribution is -2.18. The molecule has 0 aromatic carbocycles. The average Bonchev–Trinajstić information content (AvgIpc) is 2.38. The van der Waals surface area contributed by atoms with Crippen LogP contribution in [0.2, 0.25) is 0 Å². The van der Waals surface area contributed by atoms with Crippen LogP contribution in [0.5, 0.6) is 0 Å². The van der Waals surface area contributed by atoms with Crippen molar-refractivity contribution >= 4 is 6.21 Å². The lowest BCUT2D eigenvalue weighted by Gasteiger charge is -2.19. The molecule has 84 valence electrons. The molecule has 16 heavy (non-hydrogen) atoms. The largest absolute Gasteiger partial charge is 0.396 e. The fourth-order valence-corrected chi connectivity index (χ4v) is 1.44. The summed E-state index contributed by atoms with van der Waals surface area (Å²) in [7, 11) is 0. The first-order valence-electron chi connectivity index (χ1n) is 5.27. The second-order valence-corrected chi connectivity index (χ2v) is 3.48. The second-order valence-electron chi connectivity index (χ2n) is 3.48. The number of hydrazone groups is 1. The normalized spacial score (nSPS) is 19.1. The molecule has 1 aliphatic heterocycles. The molecule has 0 bridgehead atoms. The molecule has 0 radical (unpaired) electrons. The van der Waals surface area contributed by atoms with Crippen molar-refractivity contribution in [3.8, 4) is 0 Å². The van der Waals surface area contributed by atoms with Crippen LogP contribution in [0.15, 0.2) is 35.8 Å². The van der Waals surface area contributed by atoms with Crippen LogP contribution in [0.3, 0.4) is 0 Å². The Hall–Kier alpha value is -1.75. The number of rotatable bonds is 4. The predicted molar refractivity (Wildman–Crippen MR) is 60.8 cm³/mol. The van der Waals surface area contributed by atoms with Gasteiger partial charge in [-0.05, 0) is 12.5 Å². The molecule has 5 nitrogen and oxygen atoms in total. The molecule has 1 aliphatic rings. The van der Waals surface area contributed by atoms with Crippen molar-refractivity contribution in [3.05, 3.63) is 36.6 Å². The highest BCUT2D eigenvalue weighted by atomic mass is 16.3. The summed E-state index contributed by atoms with van der Waals surface area (Å²) in [6.45, 7) is 0.914. The zero-order valence-corrected chi connectivity index (χ0v) is 8.90. The molecule has 1 atom stereocenters. The third-order valence-corrected chi connectivity index (χ3v) is 2.27. The lowest BCUT2D eigenvalue weighted by molar-refractivity contribution is 0.261. The number of hydrogen-bond donors (Lipinski definition) is 1. The monoisotopic (exact) mass is 218 g/mol.